The quantitative estimate of drug-likeness (QED) is 0.838. The highest BCUT2D eigenvalue weighted by molar-refractivity contribution is 5.56. The fourth-order valence-corrected chi connectivity index (χ4v) is 2.49. The van der Waals surface area contributed by atoms with Crippen molar-refractivity contribution in [3.63, 3.8) is 0 Å². The smallest absolute Gasteiger partial charge is 0.152 e. The van der Waals surface area contributed by atoms with Gasteiger partial charge in [0.05, 0.1) is 6.20 Å². The molecule has 4 nitrogen and oxygen atoms in total. The number of aryl methyl sites for hydroxylation is 1. The summed E-state index contributed by atoms with van der Waals surface area (Å²) in [6, 6.07) is 3.96. The van der Waals surface area contributed by atoms with Crippen LogP contribution in [-0.4, -0.2) is 16.7 Å². The van der Waals surface area contributed by atoms with Gasteiger partial charge in [-0.15, -0.1) is 0 Å². The van der Waals surface area contributed by atoms with Crippen LogP contribution in [0.4, 0.5) is 0 Å². The fraction of sp³-hybridized carbons (Fsp3) is 0.533. The summed E-state index contributed by atoms with van der Waals surface area (Å²) in [6.07, 6.45) is 4.69. The molecule has 2 aromatic rings. The fourth-order valence-electron chi connectivity index (χ4n) is 2.49. The molecule has 102 valence electrons. The highest BCUT2D eigenvalue weighted by atomic mass is 16.3. The third kappa shape index (κ3) is 2.89. The van der Waals surface area contributed by atoms with E-state index in [-0.39, 0.29) is 0 Å². The van der Waals surface area contributed by atoms with Crippen molar-refractivity contribution in [2.75, 3.05) is 6.54 Å². The van der Waals surface area contributed by atoms with Crippen LogP contribution in [0.15, 0.2) is 22.7 Å². The van der Waals surface area contributed by atoms with Crippen molar-refractivity contribution in [2.24, 2.45) is 11.8 Å². The van der Waals surface area contributed by atoms with E-state index in [0.717, 1.165) is 47.7 Å². The molecule has 1 atom stereocenters. The maximum absolute atomic E-state index is 5.65. The number of rotatable bonds is 6. The lowest BCUT2D eigenvalue weighted by Crippen LogP contribution is -2.21. The summed E-state index contributed by atoms with van der Waals surface area (Å²) >= 11 is 0. The third-order valence-electron chi connectivity index (χ3n) is 3.91. The van der Waals surface area contributed by atoms with Crippen molar-refractivity contribution in [1.29, 1.82) is 0 Å². The monoisotopic (exact) mass is 259 g/mol. The first-order valence-electron chi connectivity index (χ1n) is 7.04. The van der Waals surface area contributed by atoms with Crippen molar-refractivity contribution >= 4 is 0 Å². The molecule has 1 aliphatic rings. The molecule has 1 saturated carbocycles. The Morgan fingerprint density at radius 2 is 2.32 bits per heavy atom. The van der Waals surface area contributed by atoms with Gasteiger partial charge in [0.15, 0.2) is 5.76 Å². The van der Waals surface area contributed by atoms with E-state index in [9.17, 15) is 0 Å². The van der Waals surface area contributed by atoms with Gasteiger partial charge in [0.25, 0.3) is 0 Å². The second kappa shape index (κ2) is 5.21. The largest absolute Gasteiger partial charge is 0.460 e. The molecule has 1 fully saturated rings. The lowest BCUT2D eigenvalue weighted by molar-refractivity contribution is 0.461. The average Bonchev–Trinajstić information content (AvgIpc) is 3.01. The van der Waals surface area contributed by atoms with Crippen molar-refractivity contribution in [1.82, 2.24) is 15.5 Å². The Labute approximate surface area is 113 Å². The van der Waals surface area contributed by atoms with Gasteiger partial charge in [0, 0.05) is 12.1 Å². The van der Waals surface area contributed by atoms with Gasteiger partial charge in [-0.1, -0.05) is 6.92 Å². The summed E-state index contributed by atoms with van der Waals surface area (Å²) in [5.74, 6) is 3.51. The zero-order valence-corrected chi connectivity index (χ0v) is 11.6. The maximum Gasteiger partial charge on any atom is 0.152 e. The topological polar surface area (TPSA) is 53.9 Å². The molecular weight excluding hydrogens is 238 g/mol. The summed E-state index contributed by atoms with van der Waals surface area (Å²) in [6.45, 7) is 6.20. The molecular formula is C15H21N3O. The number of H-pyrrole nitrogens is 1. The number of hydrogen-bond donors (Lipinski definition) is 2. The normalized spacial score (nSPS) is 16.7. The Morgan fingerprint density at radius 3 is 3.00 bits per heavy atom. The van der Waals surface area contributed by atoms with E-state index in [2.05, 4.69) is 22.4 Å². The number of aromatic amines is 1. The molecule has 0 spiro atoms. The number of furan rings is 1. The molecule has 0 bridgehead atoms. The summed E-state index contributed by atoms with van der Waals surface area (Å²) < 4.78 is 5.65. The molecule has 0 saturated heterocycles. The second-order valence-corrected chi connectivity index (χ2v) is 5.63. The van der Waals surface area contributed by atoms with Crippen LogP contribution in [0.25, 0.3) is 11.5 Å². The Morgan fingerprint density at radius 1 is 1.47 bits per heavy atom. The molecule has 2 N–H and O–H groups in total. The van der Waals surface area contributed by atoms with Crippen LogP contribution in [0.5, 0.6) is 0 Å². The van der Waals surface area contributed by atoms with Gasteiger partial charge in [-0.25, -0.2) is 0 Å². The first-order chi connectivity index (χ1) is 9.24. The Balaban J connectivity index is 1.60. The van der Waals surface area contributed by atoms with Gasteiger partial charge in [0.1, 0.15) is 11.5 Å². The predicted octanol–water partition coefficient (Wildman–Crippen LogP) is 3.11. The number of aromatic nitrogens is 2. The van der Waals surface area contributed by atoms with E-state index in [0.29, 0.717) is 0 Å². The van der Waals surface area contributed by atoms with Crippen molar-refractivity contribution in [2.45, 2.75) is 33.2 Å². The van der Waals surface area contributed by atoms with Crippen molar-refractivity contribution in [3.8, 4) is 11.5 Å². The molecule has 19 heavy (non-hydrogen) atoms. The zero-order valence-electron chi connectivity index (χ0n) is 11.6. The SMILES string of the molecule is Cc1ccc(-c2[nH]ncc2CNCC(C)C2CC2)o1. The molecule has 2 heterocycles. The third-order valence-corrected chi connectivity index (χ3v) is 3.91. The van der Waals surface area contributed by atoms with Crippen molar-refractivity contribution in [3.05, 3.63) is 29.7 Å². The maximum atomic E-state index is 5.65. The van der Waals surface area contributed by atoms with Crippen LogP contribution in [0.2, 0.25) is 0 Å². The van der Waals surface area contributed by atoms with Gasteiger partial charge in [-0.3, -0.25) is 5.10 Å². The van der Waals surface area contributed by atoms with E-state index in [1.165, 1.54) is 12.8 Å². The molecule has 0 aromatic carbocycles. The van der Waals surface area contributed by atoms with Crippen LogP contribution in [0, 0.1) is 18.8 Å². The van der Waals surface area contributed by atoms with Crippen LogP contribution in [0.1, 0.15) is 31.1 Å². The molecule has 3 rings (SSSR count). The molecule has 0 radical (unpaired) electrons. The molecule has 1 unspecified atom stereocenters. The van der Waals surface area contributed by atoms with Gasteiger partial charge in [0.2, 0.25) is 0 Å². The van der Waals surface area contributed by atoms with E-state index in [1.54, 1.807) is 0 Å². The first kappa shape index (κ1) is 12.5. The Bertz CT molecular complexity index is 539. The zero-order chi connectivity index (χ0) is 13.2. The number of nitrogens with one attached hydrogen (secondary N) is 2. The summed E-state index contributed by atoms with van der Waals surface area (Å²) in [5, 5.41) is 10.7. The molecule has 0 aliphatic heterocycles. The van der Waals surface area contributed by atoms with Crippen LogP contribution in [-0.2, 0) is 6.54 Å². The van der Waals surface area contributed by atoms with Gasteiger partial charge in [-0.2, -0.15) is 5.10 Å². The molecule has 0 amide bonds. The van der Waals surface area contributed by atoms with E-state index >= 15 is 0 Å². The van der Waals surface area contributed by atoms with E-state index in [1.807, 2.05) is 25.3 Å². The summed E-state index contributed by atoms with van der Waals surface area (Å²) in [7, 11) is 0. The molecule has 4 heteroatoms. The highest BCUT2D eigenvalue weighted by Crippen LogP contribution is 2.36. The van der Waals surface area contributed by atoms with Crippen LogP contribution >= 0.6 is 0 Å². The van der Waals surface area contributed by atoms with Crippen LogP contribution in [0.3, 0.4) is 0 Å². The van der Waals surface area contributed by atoms with Gasteiger partial charge >= 0.3 is 0 Å². The van der Waals surface area contributed by atoms with E-state index in [4.69, 9.17) is 4.42 Å². The lowest BCUT2D eigenvalue weighted by atomic mass is 10.1. The summed E-state index contributed by atoms with van der Waals surface area (Å²) in [4.78, 5) is 0. The minimum absolute atomic E-state index is 0.779. The van der Waals surface area contributed by atoms with Crippen LogP contribution < -0.4 is 5.32 Å². The lowest BCUT2D eigenvalue weighted by Gasteiger charge is -2.10. The second-order valence-electron chi connectivity index (χ2n) is 5.63. The standard InChI is InChI=1S/C15H21N3O/c1-10(12-4-5-12)7-16-8-13-9-17-18-15(13)14-6-3-11(2)19-14/h3,6,9-10,12,16H,4-5,7-8H2,1-2H3,(H,17,18). The van der Waals surface area contributed by atoms with Gasteiger partial charge in [-0.05, 0) is 50.3 Å². The van der Waals surface area contributed by atoms with Gasteiger partial charge < -0.3 is 9.73 Å². The number of hydrogen-bond acceptors (Lipinski definition) is 3. The molecule has 2 aromatic heterocycles. The molecule has 1 aliphatic carbocycles. The Hall–Kier alpha value is -1.55. The van der Waals surface area contributed by atoms with E-state index < -0.39 is 0 Å². The Kier molecular flexibility index (Phi) is 3.42. The first-order valence-corrected chi connectivity index (χ1v) is 7.04. The average molecular weight is 259 g/mol. The minimum Gasteiger partial charge on any atom is -0.460 e. The van der Waals surface area contributed by atoms with Crippen molar-refractivity contribution < 1.29 is 4.42 Å². The summed E-state index contributed by atoms with van der Waals surface area (Å²) in [5.41, 5.74) is 2.15. The predicted molar refractivity (Wildman–Crippen MR) is 74.6 cm³/mol. The number of nitrogens with zero attached hydrogens (tertiary/aromatic N) is 1. The minimum atomic E-state index is 0.779. The highest BCUT2D eigenvalue weighted by Gasteiger charge is 2.27.